The SMILES string of the molecule is COc1ccc(C(=O)CCC23CC4CC(F)(CC(F)(C4)C2)C3)c(Cl)c1. The highest BCUT2D eigenvalue weighted by Crippen LogP contribution is 2.66. The standard InChI is InChI=1S/C20H23ClF2O2/c1-25-14-2-3-15(16(21)6-14)17(24)4-5-18-7-13-8-19(22,10-18)12-20(23,9-13)11-18/h2-3,6,13H,4-5,7-12H2,1H3. The van der Waals surface area contributed by atoms with Gasteiger partial charge >= 0.3 is 0 Å². The average Bonchev–Trinajstić information content (AvgIpc) is 2.49. The minimum atomic E-state index is -1.37. The van der Waals surface area contributed by atoms with Gasteiger partial charge in [-0.15, -0.1) is 0 Å². The molecule has 136 valence electrons. The molecule has 4 aliphatic carbocycles. The lowest BCUT2D eigenvalue weighted by atomic mass is 9.46. The summed E-state index contributed by atoms with van der Waals surface area (Å²) in [7, 11) is 1.54. The molecular formula is C20H23ClF2O2. The van der Waals surface area contributed by atoms with Crippen LogP contribution in [0.4, 0.5) is 8.78 Å². The summed E-state index contributed by atoms with van der Waals surface area (Å²) in [5.41, 5.74) is -2.64. The summed E-state index contributed by atoms with van der Waals surface area (Å²) >= 11 is 6.18. The Labute approximate surface area is 151 Å². The van der Waals surface area contributed by atoms with Crippen LogP contribution in [0.5, 0.6) is 5.75 Å². The molecule has 0 spiro atoms. The summed E-state index contributed by atoms with van der Waals surface area (Å²) in [6.07, 6.45) is 3.55. The van der Waals surface area contributed by atoms with Crippen LogP contribution in [0.1, 0.15) is 61.7 Å². The molecule has 0 heterocycles. The lowest BCUT2D eigenvalue weighted by Gasteiger charge is -2.61. The van der Waals surface area contributed by atoms with Gasteiger partial charge in [-0.2, -0.15) is 0 Å². The molecular weight excluding hydrogens is 346 g/mol. The van der Waals surface area contributed by atoms with Crippen molar-refractivity contribution in [1.29, 1.82) is 0 Å². The van der Waals surface area contributed by atoms with Gasteiger partial charge in [-0.25, -0.2) is 8.78 Å². The van der Waals surface area contributed by atoms with Crippen LogP contribution in [0.15, 0.2) is 18.2 Å². The number of carbonyl (C=O) groups excluding carboxylic acids is 1. The monoisotopic (exact) mass is 368 g/mol. The van der Waals surface area contributed by atoms with Gasteiger partial charge in [-0.3, -0.25) is 4.79 Å². The summed E-state index contributed by atoms with van der Waals surface area (Å²) < 4.78 is 35.1. The Balaban J connectivity index is 1.49. The smallest absolute Gasteiger partial charge is 0.164 e. The molecule has 4 saturated carbocycles. The number of alkyl halides is 2. The maximum Gasteiger partial charge on any atom is 0.164 e. The minimum absolute atomic E-state index is 0.0521. The van der Waals surface area contributed by atoms with Crippen molar-refractivity contribution in [1.82, 2.24) is 0 Å². The number of benzene rings is 1. The van der Waals surface area contributed by atoms with Crippen molar-refractivity contribution in [2.45, 2.75) is 62.7 Å². The van der Waals surface area contributed by atoms with Gasteiger partial charge in [-0.05, 0) is 68.1 Å². The van der Waals surface area contributed by atoms with Crippen molar-refractivity contribution in [3.63, 3.8) is 0 Å². The van der Waals surface area contributed by atoms with E-state index in [1.165, 1.54) is 0 Å². The molecule has 0 amide bonds. The van der Waals surface area contributed by atoms with Gasteiger partial charge in [0.25, 0.3) is 0 Å². The van der Waals surface area contributed by atoms with Gasteiger partial charge in [0.2, 0.25) is 0 Å². The summed E-state index contributed by atoms with van der Waals surface area (Å²) in [4.78, 5) is 12.6. The summed E-state index contributed by atoms with van der Waals surface area (Å²) in [6, 6.07) is 4.99. The fraction of sp³-hybridized carbons (Fsp3) is 0.650. The zero-order chi connectivity index (χ0) is 17.9. The lowest BCUT2D eigenvalue weighted by molar-refractivity contribution is -0.176. The highest BCUT2D eigenvalue weighted by atomic mass is 35.5. The molecule has 4 aliphatic rings. The normalized spacial score (nSPS) is 38.8. The fourth-order valence-electron chi connectivity index (χ4n) is 6.04. The Morgan fingerprint density at radius 1 is 1.20 bits per heavy atom. The zero-order valence-electron chi connectivity index (χ0n) is 14.4. The number of Topliss-reactive ketones (excluding diaryl/α,β-unsaturated/α-hetero) is 1. The predicted molar refractivity (Wildman–Crippen MR) is 92.9 cm³/mol. The summed E-state index contributed by atoms with van der Waals surface area (Å²) in [5, 5.41) is 0.360. The largest absolute Gasteiger partial charge is 0.497 e. The molecule has 2 nitrogen and oxygen atoms in total. The second-order valence-corrected chi connectivity index (χ2v) is 8.99. The van der Waals surface area contributed by atoms with E-state index in [9.17, 15) is 4.79 Å². The zero-order valence-corrected chi connectivity index (χ0v) is 15.2. The number of methoxy groups -OCH3 is 1. The molecule has 0 aliphatic heterocycles. The van der Waals surface area contributed by atoms with Crippen LogP contribution in [0.3, 0.4) is 0 Å². The number of carbonyl (C=O) groups is 1. The summed E-state index contributed by atoms with van der Waals surface area (Å²) in [6.45, 7) is 0. The topological polar surface area (TPSA) is 26.3 Å². The van der Waals surface area contributed by atoms with Gasteiger partial charge in [0.05, 0.1) is 12.1 Å². The van der Waals surface area contributed by atoms with Gasteiger partial charge in [-0.1, -0.05) is 11.6 Å². The Hall–Kier alpha value is -1.16. The fourth-order valence-corrected chi connectivity index (χ4v) is 6.31. The first kappa shape index (κ1) is 17.3. The van der Waals surface area contributed by atoms with E-state index in [2.05, 4.69) is 0 Å². The van der Waals surface area contributed by atoms with E-state index in [0.29, 0.717) is 48.4 Å². The number of hydrogen-bond acceptors (Lipinski definition) is 2. The molecule has 4 fully saturated rings. The van der Waals surface area contributed by atoms with Crippen LogP contribution in [0.2, 0.25) is 5.02 Å². The van der Waals surface area contributed by atoms with Crippen LogP contribution in [-0.2, 0) is 0 Å². The van der Waals surface area contributed by atoms with Crippen LogP contribution in [-0.4, -0.2) is 24.2 Å². The first-order valence-electron chi connectivity index (χ1n) is 8.99. The lowest BCUT2D eigenvalue weighted by Crippen LogP contribution is -2.59. The first-order valence-corrected chi connectivity index (χ1v) is 9.36. The molecule has 2 unspecified atom stereocenters. The van der Waals surface area contributed by atoms with E-state index in [-0.39, 0.29) is 30.0 Å². The Morgan fingerprint density at radius 2 is 1.88 bits per heavy atom. The number of ketones is 1. The van der Waals surface area contributed by atoms with Crippen molar-refractivity contribution >= 4 is 17.4 Å². The van der Waals surface area contributed by atoms with Crippen molar-refractivity contribution in [3.8, 4) is 5.75 Å². The molecule has 0 aromatic heterocycles. The second kappa shape index (κ2) is 5.67. The van der Waals surface area contributed by atoms with Gasteiger partial charge in [0.15, 0.2) is 5.78 Å². The highest BCUT2D eigenvalue weighted by molar-refractivity contribution is 6.34. The molecule has 0 radical (unpaired) electrons. The van der Waals surface area contributed by atoms with Crippen molar-refractivity contribution in [2.75, 3.05) is 7.11 Å². The third-order valence-electron chi connectivity index (χ3n) is 6.41. The maximum atomic E-state index is 15.0. The molecule has 25 heavy (non-hydrogen) atoms. The molecule has 1 aromatic carbocycles. The maximum absolute atomic E-state index is 15.0. The minimum Gasteiger partial charge on any atom is -0.497 e. The third kappa shape index (κ3) is 3.07. The summed E-state index contributed by atoms with van der Waals surface area (Å²) in [5.74, 6) is 0.663. The number of ether oxygens (including phenoxy) is 1. The second-order valence-electron chi connectivity index (χ2n) is 8.58. The molecule has 1 aromatic rings. The van der Waals surface area contributed by atoms with E-state index in [0.717, 1.165) is 6.42 Å². The average molecular weight is 369 g/mol. The van der Waals surface area contributed by atoms with Gasteiger partial charge in [0.1, 0.15) is 17.1 Å². The van der Waals surface area contributed by atoms with Crippen molar-refractivity contribution < 1.29 is 18.3 Å². The number of rotatable bonds is 5. The van der Waals surface area contributed by atoms with Gasteiger partial charge in [0, 0.05) is 18.4 Å². The molecule has 5 rings (SSSR count). The Bertz CT molecular complexity index is 702. The van der Waals surface area contributed by atoms with E-state index in [1.807, 2.05) is 0 Å². The quantitative estimate of drug-likeness (QED) is 0.622. The highest BCUT2D eigenvalue weighted by Gasteiger charge is 2.64. The van der Waals surface area contributed by atoms with Crippen LogP contribution >= 0.6 is 11.6 Å². The molecule has 5 heteroatoms. The van der Waals surface area contributed by atoms with Crippen LogP contribution in [0, 0.1) is 11.3 Å². The van der Waals surface area contributed by atoms with E-state index < -0.39 is 11.3 Å². The van der Waals surface area contributed by atoms with E-state index in [4.69, 9.17) is 16.3 Å². The van der Waals surface area contributed by atoms with Gasteiger partial charge < -0.3 is 4.74 Å². The van der Waals surface area contributed by atoms with E-state index in [1.54, 1.807) is 25.3 Å². The Kier molecular flexibility index (Phi) is 3.91. The molecule has 4 bridgehead atoms. The number of halogens is 3. The third-order valence-corrected chi connectivity index (χ3v) is 6.72. The Morgan fingerprint density at radius 3 is 2.44 bits per heavy atom. The molecule has 0 N–H and O–H groups in total. The molecule has 2 atom stereocenters. The van der Waals surface area contributed by atoms with Crippen LogP contribution in [0.25, 0.3) is 0 Å². The van der Waals surface area contributed by atoms with Crippen molar-refractivity contribution in [3.05, 3.63) is 28.8 Å². The van der Waals surface area contributed by atoms with Crippen LogP contribution < -0.4 is 4.74 Å². The predicted octanol–water partition coefficient (Wildman–Crippen LogP) is 5.71. The molecule has 0 saturated heterocycles. The van der Waals surface area contributed by atoms with Crippen molar-refractivity contribution in [2.24, 2.45) is 11.3 Å². The first-order chi connectivity index (χ1) is 11.7. The van der Waals surface area contributed by atoms with E-state index >= 15 is 8.78 Å². The number of hydrogen-bond donors (Lipinski definition) is 0.